The number of hydrogen-bond donors (Lipinski definition) is 0. The monoisotopic (exact) mass is 398 g/mol. The summed E-state index contributed by atoms with van der Waals surface area (Å²) in [5, 5.41) is 1.72. The summed E-state index contributed by atoms with van der Waals surface area (Å²) in [7, 11) is 1.96. The van der Waals surface area contributed by atoms with Gasteiger partial charge in [0.25, 0.3) is 6.33 Å². The second kappa shape index (κ2) is 6.73. The molecule has 3 aromatic heterocycles. The molecule has 0 N–H and O–H groups in total. The third-order valence-corrected chi connectivity index (χ3v) is 5.48. The van der Waals surface area contributed by atoms with Gasteiger partial charge in [-0.1, -0.05) is 29.3 Å². The van der Waals surface area contributed by atoms with Crippen molar-refractivity contribution in [1.82, 2.24) is 9.97 Å². The smallest absolute Gasteiger partial charge is 0.287 e. The highest BCUT2D eigenvalue weighted by atomic mass is 19.1. The maximum atomic E-state index is 13.7. The Kier molecular flexibility index (Phi) is 4.13. The molecule has 0 amide bonds. The highest BCUT2D eigenvalue weighted by Crippen LogP contribution is 2.37. The number of hydrogen-bond acceptors (Lipinski definition) is 3. The van der Waals surface area contributed by atoms with Crippen LogP contribution in [0.3, 0.4) is 0 Å². The Bertz CT molecular complexity index is 1430. The fourth-order valence-electron chi connectivity index (χ4n) is 4.12. The number of benzene rings is 2. The van der Waals surface area contributed by atoms with Crippen molar-refractivity contribution in [2.45, 2.75) is 20.8 Å². The molecule has 5 rings (SSSR count). The van der Waals surface area contributed by atoms with Crippen LogP contribution < -0.4 is 4.57 Å². The number of halogens is 1. The highest BCUT2D eigenvalue weighted by molar-refractivity contribution is 6.08. The van der Waals surface area contributed by atoms with Crippen LogP contribution in [-0.2, 0) is 7.05 Å². The van der Waals surface area contributed by atoms with Crippen LogP contribution in [0.2, 0.25) is 0 Å². The molecule has 5 heteroatoms. The normalized spacial score (nSPS) is 11.5. The third-order valence-electron chi connectivity index (χ3n) is 5.48. The van der Waals surface area contributed by atoms with Crippen LogP contribution in [-0.4, -0.2) is 9.97 Å². The quantitative estimate of drug-likeness (QED) is 0.287. The Morgan fingerprint density at radius 1 is 0.900 bits per heavy atom. The molecule has 0 radical (unpaired) electrons. The summed E-state index contributed by atoms with van der Waals surface area (Å²) in [4.78, 5) is 8.58. The number of rotatable bonds is 2. The predicted molar refractivity (Wildman–Crippen MR) is 116 cm³/mol. The van der Waals surface area contributed by atoms with E-state index >= 15 is 0 Å². The first-order valence-electron chi connectivity index (χ1n) is 9.84. The topological polar surface area (TPSA) is 42.8 Å². The van der Waals surface area contributed by atoms with Crippen LogP contribution in [0.4, 0.5) is 4.39 Å². The maximum Gasteiger partial charge on any atom is 0.287 e. The zero-order chi connectivity index (χ0) is 21.0. The van der Waals surface area contributed by atoms with Gasteiger partial charge in [0.2, 0.25) is 11.7 Å². The molecule has 0 unspecified atom stereocenters. The van der Waals surface area contributed by atoms with Crippen molar-refractivity contribution in [3.63, 3.8) is 0 Å². The van der Waals surface area contributed by atoms with Gasteiger partial charge in [0, 0.05) is 22.4 Å². The average Bonchev–Trinajstić information content (AvgIpc) is 3.05. The Morgan fingerprint density at radius 3 is 2.40 bits per heavy atom. The van der Waals surface area contributed by atoms with E-state index in [1.54, 1.807) is 6.07 Å². The van der Waals surface area contributed by atoms with Gasteiger partial charge in [0.05, 0.1) is 12.6 Å². The number of fused-ring (bicyclic) bond motifs is 3. The van der Waals surface area contributed by atoms with E-state index in [1.807, 2.05) is 30.9 Å². The summed E-state index contributed by atoms with van der Waals surface area (Å²) in [5.41, 5.74) is 8.38. The molecule has 30 heavy (non-hydrogen) atoms. The molecule has 2 aromatic carbocycles. The van der Waals surface area contributed by atoms with Crippen LogP contribution in [0.25, 0.3) is 44.6 Å². The summed E-state index contributed by atoms with van der Waals surface area (Å²) in [6, 6.07) is 15.7. The lowest BCUT2D eigenvalue weighted by atomic mass is 9.99. The first-order chi connectivity index (χ1) is 14.4. The van der Waals surface area contributed by atoms with E-state index in [9.17, 15) is 4.39 Å². The van der Waals surface area contributed by atoms with Crippen molar-refractivity contribution >= 4 is 22.1 Å². The molecular formula is C25H21FN3O+. The van der Waals surface area contributed by atoms with Gasteiger partial charge in [-0.3, -0.25) is 0 Å². The number of furan rings is 1. The SMILES string of the molecule is Cc1cc(C)cc(-c2cc(-c3c(C)ccc4c3oc3nc(F)ccc34)[n+](C)cn2)c1. The minimum absolute atomic E-state index is 0.308. The molecule has 0 fully saturated rings. The zero-order valence-electron chi connectivity index (χ0n) is 17.3. The maximum absolute atomic E-state index is 13.7. The third kappa shape index (κ3) is 2.94. The predicted octanol–water partition coefficient (Wildman–Crippen LogP) is 5.60. The minimum Gasteiger partial charge on any atom is -0.437 e. The van der Waals surface area contributed by atoms with E-state index in [4.69, 9.17) is 4.42 Å². The van der Waals surface area contributed by atoms with Crippen LogP contribution in [0.5, 0.6) is 0 Å². The van der Waals surface area contributed by atoms with Gasteiger partial charge < -0.3 is 4.42 Å². The molecule has 5 aromatic rings. The molecule has 148 valence electrons. The minimum atomic E-state index is -0.550. The number of pyridine rings is 1. The van der Waals surface area contributed by atoms with Crippen molar-refractivity contribution in [3.05, 3.63) is 77.5 Å². The van der Waals surface area contributed by atoms with Gasteiger partial charge in [-0.2, -0.15) is 9.37 Å². The number of nitrogens with zero attached hydrogens (tertiary/aromatic N) is 3. The van der Waals surface area contributed by atoms with E-state index in [2.05, 4.69) is 54.1 Å². The van der Waals surface area contributed by atoms with E-state index in [0.29, 0.717) is 11.3 Å². The molecule has 0 atom stereocenters. The molecule has 0 aliphatic heterocycles. The van der Waals surface area contributed by atoms with Crippen LogP contribution in [0.15, 0.2) is 59.3 Å². The Morgan fingerprint density at radius 2 is 1.63 bits per heavy atom. The Labute approximate surface area is 173 Å². The fraction of sp³-hybridized carbons (Fsp3) is 0.160. The fourth-order valence-corrected chi connectivity index (χ4v) is 4.12. The number of aryl methyl sites for hydroxylation is 4. The highest BCUT2D eigenvalue weighted by Gasteiger charge is 2.21. The van der Waals surface area contributed by atoms with Crippen molar-refractivity contribution < 1.29 is 13.4 Å². The standard InChI is InChI=1S/C25H21FN3O/c1-14-9-15(2)11-17(10-14)20-12-21(29(4)13-27-20)23-16(3)5-6-18-19-7-8-22(26)28-25(19)30-24(18)23/h5-13H,1-4H3/q+1. The first-order valence-corrected chi connectivity index (χ1v) is 9.84. The molecular weight excluding hydrogens is 377 g/mol. The first kappa shape index (κ1) is 18.4. The van der Waals surface area contributed by atoms with Crippen molar-refractivity contribution in [2.24, 2.45) is 7.05 Å². The lowest BCUT2D eigenvalue weighted by Crippen LogP contribution is -2.31. The second-order valence-electron chi connectivity index (χ2n) is 7.87. The van der Waals surface area contributed by atoms with E-state index in [1.165, 1.54) is 17.2 Å². The molecule has 0 spiro atoms. The average molecular weight is 398 g/mol. The summed E-state index contributed by atoms with van der Waals surface area (Å²) >= 11 is 0. The van der Waals surface area contributed by atoms with E-state index in [-0.39, 0.29) is 0 Å². The molecule has 0 aliphatic rings. The molecule has 0 saturated carbocycles. The summed E-state index contributed by atoms with van der Waals surface area (Å²) < 4.78 is 21.7. The van der Waals surface area contributed by atoms with Gasteiger partial charge in [0.1, 0.15) is 11.3 Å². The van der Waals surface area contributed by atoms with Crippen LogP contribution >= 0.6 is 0 Å². The van der Waals surface area contributed by atoms with Crippen molar-refractivity contribution in [3.8, 4) is 22.5 Å². The molecule has 0 saturated heterocycles. The van der Waals surface area contributed by atoms with Gasteiger partial charge >= 0.3 is 0 Å². The van der Waals surface area contributed by atoms with Crippen LogP contribution in [0, 0.1) is 26.7 Å². The van der Waals surface area contributed by atoms with Crippen molar-refractivity contribution in [1.29, 1.82) is 0 Å². The Balaban J connectivity index is 1.79. The van der Waals surface area contributed by atoms with Crippen molar-refractivity contribution in [2.75, 3.05) is 0 Å². The van der Waals surface area contributed by atoms with E-state index < -0.39 is 5.95 Å². The molecule has 0 aliphatic carbocycles. The van der Waals surface area contributed by atoms with E-state index in [0.717, 1.165) is 38.9 Å². The summed E-state index contributed by atoms with van der Waals surface area (Å²) in [6.45, 7) is 6.23. The summed E-state index contributed by atoms with van der Waals surface area (Å²) in [6.07, 6.45) is 1.82. The Hall–Kier alpha value is -3.60. The second-order valence-corrected chi connectivity index (χ2v) is 7.87. The van der Waals surface area contributed by atoms with Gasteiger partial charge in [-0.05, 0) is 55.6 Å². The summed E-state index contributed by atoms with van der Waals surface area (Å²) in [5.74, 6) is -0.550. The molecule has 3 heterocycles. The number of aromatic nitrogens is 3. The van der Waals surface area contributed by atoms with Gasteiger partial charge in [-0.25, -0.2) is 4.57 Å². The molecule has 4 nitrogen and oxygen atoms in total. The van der Waals surface area contributed by atoms with Crippen LogP contribution in [0.1, 0.15) is 16.7 Å². The lowest BCUT2D eigenvalue weighted by Gasteiger charge is -2.08. The van der Waals surface area contributed by atoms with Gasteiger partial charge in [-0.15, -0.1) is 0 Å². The molecule has 0 bridgehead atoms. The largest absolute Gasteiger partial charge is 0.437 e. The van der Waals surface area contributed by atoms with Gasteiger partial charge in [0.15, 0.2) is 5.69 Å². The lowest BCUT2D eigenvalue weighted by molar-refractivity contribution is -0.663. The zero-order valence-corrected chi connectivity index (χ0v) is 17.3.